The zero-order chi connectivity index (χ0) is 19.8. The van der Waals surface area contributed by atoms with E-state index in [1.54, 1.807) is 0 Å². The first-order valence-corrected chi connectivity index (χ1v) is 9.89. The van der Waals surface area contributed by atoms with Gasteiger partial charge >= 0.3 is 0 Å². The summed E-state index contributed by atoms with van der Waals surface area (Å²) in [5.41, 5.74) is 7.92. The van der Waals surface area contributed by atoms with Gasteiger partial charge in [-0.15, -0.1) is 0 Å². The summed E-state index contributed by atoms with van der Waals surface area (Å²) in [4.78, 5) is 5.04. The molecule has 0 N–H and O–H groups in total. The average molecular weight is 374 g/mol. The summed E-state index contributed by atoms with van der Waals surface area (Å²) in [6.45, 7) is 2.10. The average Bonchev–Trinajstić information content (AvgIpc) is 3.06. The van der Waals surface area contributed by atoms with E-state index in [9.17, 15) is 0 Å². The van der Waals surface area contributed by atoms with Crippen LogP contribution in [0.15, 0.2) is 102 Å². The van der Waals surface area contributed by atoms with E-state index in [-0.39, 0.29) is 0 Å². The summed E-state index contributed by atoms with van der Waals surface area (Å²) in [5.74, 6) is 0. The molecule has 0 fully saturated rings. The summed E-state index contributed by atoms with van der Waals surface area (Å²) in [5, 5.41) is 2.53. The van der Waals surface area contributed by atoms with Crippen molar-refractivity contribution in [3.05, 3.63) is 114 Å². The largest absolute Gasteiger partial charge is 0.344 e. The van der Waals surface area contributed by atoms with Crippen LogP contribution in [0.1, 0.15) is 16.7 Å². The lowest BCUT2D eigenvalue weighted by atomic mass is 10.00. The van der Waals surface area contributed by atoms with Crippen molar-refractivity contribution in [2.45, 2.75) is 6.92 Å². The number of hydrogen-bond acceptors (Lipinski definition) is 1. The van der Waals surface area contributed by atoms with Crippen molar-refractivity contribution >= 4 is 33.2 Å². The molecule has 2 nitrogen and oxygen atoms in total. The van der Waals surface area contributed by atoms with E-state index in [1.165, 1.54) is 27.4 Å². The summed E-state index contributed by atoms with van der Waals surface area (Å²) >= 11 is 0. The molecule has 0 saturated heterocycles. The molecule has 29 heavy (non-hydrogen) atoms. The van der Waals surface area contributed by atoms with Gasteiger partial charge in [0.15, 0.2) is 0 Å². The number of fused-ring (bicyclic) bond motifs is 3. The molecule has 5 rings (SSSR count). The minimum atomic E-state index is 0.965. The molecule has 5 aromatic rings. The number of para-hydroxylation sites is 1. The first kappa shape index (κ1) is 17.4. The Labute approximate surface area is 170 Å². The van der Waals surface area contributed by atoms with Crippen LogP contribution in [0.4, 0.5) is 5.69 Å². The van der Waals surface area contributed by atoms with E-state index in [0.717, 1.165) is 22.5 Å². The number of aryl methyl sites for hydroxylation is 2. The lowest BCUT2D eigenvalue weighted by molar-refractivity contribution is 1.01. The topological polar surface area (TPSA) is 17.3 Å². The molecule has 0 atom stereocenters. The first-order chi connectivity index (χ1) is 14.2. The fourth-order valence-corrected chi connectivity index (χ4v) is 3.96. The van der Waals surface area contributed by atoms with E-state index in [2.05, 4.69) is 110 Å². The molecule has 0 bridgehead atoms. The Balaban J connectivity index is 1.75. The standard InChI is InChI=1S/C27H22N2/c1-19-12-15-22(16-13-19)28-27(20-8-4-3-5-9-20)21-14-17-26-24(18-21)23-10-6-7-11-25(23)29(26)2/h3-18H,1-2H3. The molecule has 1 heterocycles. The van der Waals surface area contributed by atoms with Gasteiger partial charge in [-0.2, -0.15) is 0 Å². The zero-order valence-corrected chi connectivity index (χ0v) is 16.6. The zero-order valence-electron chi connectivity index (χ0n) is 16.6. The Morgan fingerprint density at radius 1 is 0.655 bits per heavy atom. The van der Waals surface area contributed by atoms with Crippen LogP contribution in [-0.2, 0) is 7.05 Å². The Morgan fingerprint density at radius 2 is 1.34 bits per heavy atom. The fraction of sp³-hybridized carbons (Fsp3) is 0.0741. The molecule has 0 spiro atoms. The van der Waals surface area contributed by atoms with Gasteiger partial charge in [-0.25, -0.2) is 4.99 Å². The quantitative estimate of drug-likeness (QED) is 0.309. The van der Waals surface area contributed by atoms with Gasteiger partial charge < -0.3 is 4.57 Å². The van der Waals surface area contributed by atoms with Gasteiger partial charge in [0.25, 0.3) is 0 Å². The third-order valence-electron chi connectivity index (χ3n) is 5.51. The number of nitrogens with zero attached hydrogens (tertiary/aromatic N) is 2. The molecular formula is C27H22N2. The van der Waals surface area contributed by atoms with Gasteiger partial charge in [0.2, 0.25) is 0 Å². The number of hydrogen-bond donors (Lipinski definition) is 0. The van der Waals surface area contributed by atoms with Crippen molar-refractivity contribution in [3.63, 3.8) is 0 Å². The van der Waals surface area contributed by atoms with Crippen LogP contribution in [0.2, 0.25) is 0 Å². The van der Waals surface area contributed by atoms with E-state index < -0.39 is 0 Å². The molecule has 0 aliphatic heterocycles. The normalized spacial score (nSPS) is 12.0. The van der Waals surface area contributed by atoms with Crippen molar-refractivity contribution in [1.29, 1.82) is 0 Å². The van der Waals surface area contributed by atoms with Crippen LogP contribution in [0, 0.1) is 6.92 Å². The maximum atomic E-state index is 5.04. The van der Waals surface area contributed by atoms with Crippen LogP contribution < -0.4 is 0 Å². The molecular weight excluding hydrogens is 352 g/mol. The fourth-order valence-electron chi connectivity index (χ4n) is 3.96. The summed E-state index contributed by atoms with van der Waals surface area (Å²) in [6.07, 6.45) is 0. The lowest BCUT2D eigenvalue weighted by Gasteiger charge is -2.09. The second kappa shape index (κ2) is 7.06. The molecule has 0 saturated carbocycles. The smallest absolute Gasteiger partial charge is 0.0781 e. The van der Waals surface area contributed by atoms with Crippen LogP contribution in [-0.4, -0.2) is 10.3 Å². The molecule has 0 aliphatic rings. The molecule has 1 aromatic heterocycles. The molecule has 4 aromatic carbocycles. The lowest BCUT2D eigenvalue weighted by Crippen LogP contribution is -2.03. The maximum absolute atomic E-state index is 5.04. The van der Waals surface area contributed by atoms with Gasteiger partial charge in [0, 0.05) is 40.0 Å². The van der Waals surface area contributed by atoms with Gasteiger partial charge in [0.05, 0.1) is 11.4 Å². The van der Waals surface area contributed by atoms with Crippen molar-refractivity contribution in [2.24, 2.45) is 12.0 Å². The summed E-state index contributed by atoms with van der Waals surface area (Å²) < 4.78 is 2.26. The second-order valence-electron chi connectivity index (χ2n) is 7.47. The van der Waals surface area contributed by atoms with Crippen LogP contribution >= 0.6 is 0 Å². The van der Waals surface area contributed by atoms with Crippen molar-refractivity contribution < 1.29 is 0 Å². The highest BCUT2D eigenvalue weighted by Crippen LogP contribution is 2.30. The monoisotopic (exact) mass is 374 g/mol. The Hall–Kier alpha value is -3.65. The molecule has 0 radical (unpaired) electrons. The van der Waals surface area contributed by atoms with E-state index in [0.29, 0.717) is 0 Å². The predicted octanol–water partition coefficient (Wildman–Crippen LogP) is 6.81. The highest BCUT2D eigenvalue weighted by Gasteiger charge is 2.12. The van der Waals surface area contributed by atoms with E-state index >= 15 is 0 Å². The van der Waals surface area contributed by atoms with Crippen LogP contribution in [0.25, 0.3) is 21.8 Å². The van der Waals surface area contributed by atoms with Crippen molar-refractivity contribution in [2.75, 3.05) is 0 Å². The summed E-state index contributed by atoms with van der Waals surface area (Å²) in [6, 6.07) is 34.0. The van der Waals surface area contributed by atoms with Crippen LogP contribution in [0.5, 0.6) is 0 Å². The van der Waals surface area contributed by atoms with E-state index in [4.69, 9.17) is 4.99 Å². The van der Waals surface area contributed by atoms with E-state index in [1.807, 2.05) is 6.07 Å². The minimum Gasteiger partial charge on any atom is -0.344 e. The third-order valence-corrected chi connectivity index (χ3v) is 5.51. The Bertz CT molecular complexity index is 1340. The third kappa shape index (κ3) is 3.13. The SMILES string of the molecule is Cc1ccc(N=C(c2ccccc2)c2ccc3c(c2)c2ccccc2n3C)cc1. The minimum absolute atomic E-state index is 0.965. The molecule has 0 unspecified atom stereocenters. The van der Waals surface area contributed by atoms with Gasteiger partial charge in [0.1, 0.15) is 0 Å². The number of aliphatic imine (C=N–C) groups is 1. The molecule has 140 valence electrons. The molecule has 0 aliphatic carbocycles. The number of aromatic nitrogens is 1. The molecule has 2 heteroatoms. The van der Waals surface area contributed by atoms with Crippen molar-refractivity contribution in [1.82, 2.24) is 4.57 Å². The number of benzene rings is 4. The summed E-state index contributed by atoms with van der Waals surface area (Å²) in [7, 11) is 2.13. The van der Waals surface area contributed by atoms with Gasteiger partial charge in [-0.3, -0.25) is 0 Å². The maximum Gasteiger partial charge on any atom is 0.0781 e. The van der Waals surface area contributed by atoms with Gasteiger partial charge in [-0.05, 0) is 37.3 Å². The first-order valence-electron chi connectivity index (χ1n) is 9.89. The van der Waals surface area contributed by atoms with Gasteiger partial charge in [-0.1, -0.05) is 72.3 Å². The number of rotatable bonds is 3. The van der Waals surface area contributed by atoms with Crippen molar-refractivity contribution in [3.8, 4) is 0 Å². The Morgan fingerprint density at radius 3 is 2.14 bits per heavy atom. The predicted molar refractivity (Wildman–Crippen MR) is 123 cm³/mol. The Kier molecular flexibility index (Phi) is 4.25. The highest BCUT2D eigenvalue weighted by molar-refractivity contribution is 6.17. The van der Waals surface area contributed by atoms with Crippen LogP contribution in [0.3, 0.4) is 0 Å². The molecule has 0 amide bonds. The highest BCUT2D eigenvalue weighted by atomic mass is 14.9. The second-order valence-corrected chi connectivity index (χ2v) is 7.47.